The van der Waals surface area contributed by atoms with Crippen molar-refractivity contribution in [3.05, 3.63) is 88.8 Å². The number of para-hydroxylation sites is 2. The number of rotatable bonds is 5. The Labute approximate surface area is 211 Å². The normalized spacial score (nSPS) is 14.3. The lowest BCUT2D eigenvalue weighted by Crippen LogP contribution is -2.22. The number of anilines is 2. The van der Waals surface area contributed by atoms with E-state index in [4.69, 9.17) is 14.7 Å². The molecule has 0 bridgehead atoms. The van der Waals surface area contributed by atoms with Crippen molar-refractivity contribution in [3.8, 4) is 23.0 Å². The maximum atomic E-state index is 5.47. The molecule has 6 rings (SSSR count). The van der Waals surface area contributed by atoms with Gasteiger partial charge in [0.1, 0.15) is 5.69 Å². The minimum Gasteiger partial charge on any atom is -0.480 e. The third-order valence-electron chi connectivity index (χ3n) is 6.41. The van der Waals surface area contributed by atoms with E-state index in [-0.39, 0.29) is 0 Å². The van der Waals surface area contributed by atoms with Crippen molar-refractivity contribution in [1.29, 1.82) is 0 Å². The third kappa shape index (κ3) is 4.17. The first-order valence-electron chi connectivity index (χ1n) is 11.7. The molecule has 0 radical (unpaired) electrons. The zero-order chi connectivity index (χ0) is 23.8. The number of ether oxygens (including phenoxy) is 1. The summed E-state index contributed by atoms with van der Waals surface area (Å²) in [6, 6.07) is 25.0. The van der Waals surface area contributed by atoms with Gasteiger partial charge in [0.2, 0.25) is 5.88 Å². The first-order chi connectivity index (χ1) is 17.2. The van der Waals surface area contributed by atoms with Crippen LogP contribution in [0.2, 0.25) is 0 Å². The van der Waals surface area contributed by atoms with Crippen molar-refractivity contribution in [1.82, 2.24) is 14.5 Å². The van der Waals surface area contributed by atoms with Crippen molar-refractivity contribution < 1.29 is 4.74 Å². The molecule has 1 fully saturated rings. The molecule has 6 nitrogen and oxygen atoms in total. The van der Waals surface area contributed by atoms with Crippen LogP contribution >= 0.6 is 15.9 Å². The number of aromatic nitrogens is 3. The lowest BCUT2D eigenvalue weighted by molar-refractivity contribution is 0.400. The molecule has 1 aliphatic heterocycles. The number of halogens is 1. The van der Waals surface area contributed by atoms with Gasteiger partial charge in [-0.3, -0.25) is 4.99 Å². The number of nitrogens with zero attached hydrogens (tertiary/aromatic N) is 4. The van der Waals surface area contributed by atoms with E-state index < -0.39 is 0 Å². The van der Waals surface area contributed by atoms with Gasteiger partial charge in [0.15, 0.2) is 0 Å². The molecule has 3 aromatic rings. The van der Waals surface area contributed by atoms with Crippen LogP contribution in [0.5, 0.6) is 5.88 Å². The summed E-state index contributed by atoms with van der Waals surface area (Å²) in [6.07, 6.45) is 5.19. The second-order valence-corrected chi connectivity index (χ2v) is 9.59. The minimum atomic E-state index is 0.346. The number of nitrogens with one attached hydrogen (secondary N) is 1. The predicted octanol–water partition coefficient (Wildman–Crippen LogP) is 6.49. The quantitative estimate of drug-likeness (QED) is 0.266. The molecule has 7 heteroatoms. The molecule has 1 aromatic heterocycles. The summed E-state index contributed by atoms with van der Waals surface area (Å²) < 4.78 is 8.78. The zero-order valence-corrected chi connectivity index (χ0v) is 20.9. The average Bonchev–Trinajstić information content (AvgIpc) is 2.86. The first-order valence-corrected chi connectivity index (χ1v) is 12.5. The van der Waals surface area contributed by atoms with Gasteiger partial charge in [0, 0.05) is 16.4 Å². The minimum absolute atomic E-state index is 0.346. The van der Waals surface area contributed by atoms with Crippen LogP contribution < -0.4 is 15.4 Å². The van der Waals surface area contributed by atoms with Gasteiger partial charge in [0.25, 0.3) is 0 Å². The van der Waals surface area contributed by atoms with Gasteiger partial charge in [-0.15, -0.1) is 0 Å². The highest BCUT2D eigenvalue weighted by atomic mass is 79.9. The smallest absolute Gasteiger partial charge is 0.237 e. The number of fused-ring (bicyclic) bond motifs is 2. The first kappa shape index (κ1) is 21.8. The van der Waals surface area contributed by atoms with Gasteiger partial charge in [-0.2, -0.15) is 0 Å². The highest BCUT2D eigenvalue weighted by Gasteiger charge is 2.20. The Balaban J connectivity index is 1.63. The van der Waals surface area contributed by atoms with E-state index in [1.54, 1.807) is 13.3 Å². The Morgan fingerprint density at radius 2 is 1.83 bits per heavy atom. The lowest BCUT2D eigenvalue weighted by atomic mass is 9.94. The van der Waals surface area contributed by atoms with Gasteiger partial charge >= 0.3 is 0 Å². The van der Waals surface area contributed by atoms with Crippen molar-refractivity contribution >= 4 is 38.3 Å². The number of benzene rings is 3. The number of hydrogen-bond acceptors (Lipinski definition) is 5. The van der Waals surface area contributed by atoms with E-state index in [1.807, 2.05) is 24.3 Å². The molecular formula is C28H24BrN5O. The van der Waals surface area contributed by atoms with Gasteiger partial charge in [-0.25, -0.2) is 9.97 Å². The standard InChI is InChI=1S/C28H24BrN5O/c1-35-28-22(9-5-15-30-28)33-23-16-25-27(17-24(23)31-19-6-4-7-19)34(20-13-11-18(29)12-14-20)26-10-3-2-8-21(26)32-25/h2-3,5,8-17,19,33H,4,6-7H2,1H3. The van der Waals surface area contributed by atoms with E-state index in [1.165, 1.54) is 6.42 Å². The highest BCUT2D eigenvalue weighted by molar-refractivity contribution is 9.10. The van der Waals surface area contributed by atoms with Gasteiger partial charge in [-0.05, 0) is 79.9 Å². The molecule has 1 N–H and O–H groups in total. The van der Waals surface area contributed by atoms with Gasteiger partial charge in [0.05, 0.1) is 46.6 Å². The van der Waals surface area contributed by atoms with Crippen LogP contribution in [0, 0.1) is 0 Å². The Hall–Kier alpha value is -3.71. The fraction of sp³-hybridized carbons (Fsp3) is 0.179. The Morgan fingerprint density at radius 1 is 1.00 bits per heavy atom. The number of methoxy groups -OCH3 is 1. The molecule has 0 amide bonds. The summed E-state index contributed by atoms with van der Waals surface area (Å²) in [4.78, 5) is 14.5. The second kappa shape index (κ2) is 9.15. The summed E-state index contributed by atoms with van der Waals surface area (Å²) in [7, 11) is 1.63. The van der Waals surface area contributed by atoms with E-state index >= 15 is 0 Å². The lowest BCUT2D eigenvalue weighted by Gasteiger charge is -2.23. The topological polar surface area (TPSA) is 64.3 Å². The molecule has 35 heavy (non-hydrogen) atoms. The Morgan fingerprint density at radius 3 is 2.60 bits per heavy atom. The van der Waals surface area contributed by atoms with Crippen LogP contribution in [0.1, 0.15) is 19.3 Å². The van der Waals surface area contributed by atoms with E-state index in [9.17, 15) is 0 Å². The average molecular weight is 526 g/mol. The van der Waals surface area contributed by atoms with Crippen LogP contribution in [-0.4, -0.2) is 27.7 Å². The summed E-state index contributed by atoms with van der Waals surface area (Å²) in [5.74, 6) is 0.540. The molecule has 0 unspecified atom stereocenters. The maximum absolute atomic E-state index is 5.47. The summed E-state index contributed by atoms with van der Waals surface area (Å²) in [6.45, 7) is 0. The molecule has 2 aliphatic carbocycles. The molecule has 0 atom stereocenters. The molecule has 0 spiro atoms. The summed E-state index contributed by atoms with van der Waals surface area (Å²) in [5, 5.41) is 4.43. The Bertz CT molecular complexity index is 1560. The van der Waals surface area contributed by atoms with Crippen LogP contribution in [0.25, 0.3) is 28.1 Å². The van der Waals surface area contributed by atoms with E-state index in [0.29, 0.717) is 11.9 Å². The zero-order valence-electron chi connectivity index (χ0n) is 19.3. The number of hydrogen-bond donors (Lipinski definition) is 1. The molecular weight excluding hydrogens is 502 g/mol. The van der Waals surface area contributed by atoms with Crippen LogP contribution in [-0.2, 0) is 0 Å². The molecule has 0 saturated heterocycles. The van der Waals surface area contributed by atoms with Crippen molar-refractivity contribution in [2.24, 2.45) is 4.99 Å². The SMILES string of the molecule is COc1ncccc1Nc1cc2nc3ccccc3n(-c3ccc(Br)cc3)c-2cc1=NC1CCC1. The molecule has 2 aromatic carbocycles. The highest BCUT2D eigenvalue weighted by Crippen LogP contribution is 2.32. The molecule has 174 valence electrons. The number of pyridine rings is 1. The van der Waals surface area contributed by atoms with E-state index in [0.717, 1.165) is 62.2 Å². The molecule has 3 aliphatic rings. The van der Waals surface area contributed by atoms with Crippen LogP contribution in [0.4, 0.5) is 11.4 Å². The fourth-order valence-corrected chi connectivity index (χ4v) is 4.69. The Kier molecular flexibility index (Phi) is 5.70. The predicted molar refractivity (Wildman–Crippen MR) is 143 cm³/mol. The van der Waals surface area contributed by atoms with Crippen molar-refractivity contribution in [3.63, 3.8) is 0 Å². The fourth-order valence-electron chi connectivity index (χ4n) is 4.42. The van der Waals surface area contributed by atoms with Gasteiger partial charge in [-0.1, -0.05) is 28.1 Å². The summed E-state index contributed by atoms with van der Waals surface area (Å²) in [5.41, 5.74) is 6.61. The largest absolute Gasteiger partial charge is 0.480 e. The van der Waals surface area contributed by atoms with Gasteiger partial charge < -0.3 is 14.6 Å². The van der Waals surface area contributed by atoms with Crippen molar-refractivity contribution in [2.45, 2.75) is 25.3 Å². The second-order valence-electron chi connectivity index (χ2n) is 8.67. The maximum Gasteiger partial charge on any atom is 0.237 e. The molecule has 2 heterocycles. The summed E-state index contributed by atoms with van der Waals surface area (Å²) >= 11 is 3.56. The van der Waals surface area contributed by atoms with Crippen molar-refractivity contribution in [2.75, 3.05) is 12.4 Å². The van der Waals surface area contributed by atoms with E-state index in [2.05, 4.69) is 79.3 Å². The third-order valence-corrected chi connectivity index (χ3v) is 6.94. The van der Waals surface area contributed by atoms with Crippen LogP contribution in [0.3, 0.4) is 0 Å². The monoisotopic (exact) mass is 525 g/mol. The van der Waals surface area contributed by atoms with Crippen LogP contribution in [0.15, 0.2) is 88.5 Å². The molecule has 1 saturated carbocycles.